The summed E-state index contributed by atoms with van der Waals surface area (Å²) in [6, 6.07) is 0. The zero-order chi connectivity index (χ0) is 14.4. The Morgan fingerprint density at radius 3 is 2.95 bits per heavy atom. The smallest absolute Gasteiger partial charge is 0.273 e. The van der Waals surface area contributed by atoms with Crippen LogP contribution in [-0.4, -0.2) is 59.8 Å². The predicted octanol–water partition coefficient (Wildman–Crippen LogP) is 0.258. The van der Waals surface area contributed by atoms with Crippen molar-refractivity contribution in [1.29, 1.82) is 0 Å². The van der Waals surface area contributed by atoms with Gasteiger partial charge in [0.05, 0.1) is 24.3 Å². The summed E-state index contributed by atoms with van der Waals surface area (Å²) in [7, 11) is 0. The topological polar surface area (TPSA) is 88.7 Å². The van der Waals surface area contributed by atoms with Crippen molar-refractivity contribution in [1.82, 2.24) is 9.88 Å². The SMILES string of the molecule is NCCc1nc(C(=O)N2CCC(OCCO)CC2)cs1. The molecule has 1 aliphatic rings. The van der Waals surface area contributed by atoms with Crippen LogP contribution in [0.4, 0.5) is 0 Å². The third kappa shape index (κ3) is 3.99. The van der Waals surface area contributed by atoms with Crippen LogP contribution in [0.5, 0.6) is 0 Å². The molecule has 1 aromatic rings. The zero-order valence-corrected chi connectivity index (χ0v) is 12.3. The fourth-order valence-electron chi connectivity index (χ4n) is 2.25. The number of carbonyl (C=O) groups is 1. The van der Waals surface area contributed by atoms with Crippen molar-refractivity contribution in [2.75, 3.05) is 32.8 Å². The van der Waals surface area contributed by atoms with Crippen molar-refractivity contribution >= 4 is 17.2 Å². The van der Waals surface area contributed by atoms with E-state index in [-0.39, 0.29) is 18.6 Å². The third-order valence-electron chi connectivity index (χ3n) is 3.30. The van der Waals surface area contributed by atoms with E-state index in [2.05, 4.69) is 4.98 Å². The highest BCUT2D eigenvalue weighted by Crippen LogP contribution is 2.18. The van der Waals surface area contributed by atoms with E-state index >= 15 is 0 Å². The minimum absolute atomic E-state index is 0.00914. The van der Waals surface area contributed by atoms with Gasteiger partial charge in [-0.15, -0.1) is 11.3 Å². The van der Waals surface area contributed by atoms with Gasteiger partial charge in [0, 0.05) is 24.9 Å². The molecule has 112 valence electrons. The molecule has 0 aliphatic carbocycles. The van der Waals surface area contributed by atoms with Gasteiger partial charge < -0.3 is 20.5 Å². The second-order valence-electron chi connectivity index (χ2n) is 4.75. The van der Waals surface area contributed by atoms with E-state index in [1.165, 1.54) is 11.3 Å². The average Bonchev–Trinajstić information content (AvgIpc) is 2.94. The summed E-state index contributed by atoms with van der Waals surface area (Å²) >= 11 is 1.49. The number of aliphatic hydroxyl groups excluding tert-OH is 1. The maximum atomic E-state index is 12.3. The number of carbonyl (C=O) groups excluding carboxylic acids is 1. The number of amides is 1. The minimum atomic E-state index is -0.00914. The summed E-state index contributed by atoms with van der Waals surface area (Å²) in [6.45, 7) is 2.32. The van der Waals surface area contributed by atoms with Gasteiger partial charge in [-0.3, -0.25) is 4.79 Å². The first-order valence-corrected chi connectivity index (χ1v) is 7.78. The number of ether oxygens (including phenoxy) is 1. The monoisotopic (exact) mass is 299 g/mol. The van der Waals surface area contributed by atoms with Gasteiger partial charge >= 0.3 is 0 Å². The molecule has 7 heteroatoms. The molecule has 3 N–H and O–H groups in total. The standard InChI is InChI=1S/C13H21N3O3S/c14-4-1-12-15-11(9-20-12)13(18)16-5-2-10(3-6-16)19-8-7-17/h9-10,17H,1-8,14H2. The van der Waals surface area contributed by atoms with E-state index in [1.54, 1.807) is 0 Å². The quantitative estimate of drug-likeness (QED) is 0.786. The molecular formula is C13H21N3O3S. The van der Waals surface area contributed by atoms with Gasteiger partial charge in [0.15, 0.2) is 0 Å². The Hall–Kier alpha value is -1.02. The van der Waals surface area contributed by atoms with E-state index in [9.17, 15) is 4.79 Å². The summed E-state index contributed by atoms with van der Waals surface area (Å²) in [4.78, 5) is 18.4. The summed E-state index contributed by atoms with van der Waals surface area (Å²) in [5.41, 5.74) is 6.01. The summed E-state index contributed by atoms with van der Waals surface area (Å²) < 4.78 is 5.49. The molecule has 1 aliphatic heterocycles. The van der Waals surface area contributed by atoms with Crippen molar-refractivity contribution < 1.29 is 14.6 Å². The molecule has 0 saturated carbocycles. The van der Waals surface area contributed by atoms with E-state index in [0.29, 0.717) is 31.9 Å². The molecule has 1 amide bonds. The molecule has 1 saturated heterocycles. The molecule has 2 rings (SSSR count). The Bertz CT molecular complexity index is 430. The highest BCUT2D eigenvalue weighted by atomic mass is 32.1. The number of hydrogen-bond acceptors (Lipinski definition) is 6. The lowest BCUT2D eigenvalue weighted by Crippen LogP contribution is -2.41. The van der Waals surface area contributed by atoms with Gasteiger partial charge in [-0.05, 0) is 19.4 Å². The number of aromatic nitrogens is 1. The zero-order valence-electron chi connectivity index (χ0n) is 11.5. The van der Waals surface area contributed by atoms with Crippen molar-refractivity contribution in [2.24, 2.45) is 5.73 Å². The van der Waals surface area contributed by atoms with Gasteiger partial charge in [0.2, 0.25) is 0 Å². The Balaban J connectivity index is 1.84. The summed E-state index contributed by atoms with van der Waals surface area (Å²) in [5, 5.41) is 11.4. The maximum absolute atomic E-state index is 12.3. The molecule has 6 nitrogen and oxygen atoms in total. The number of hydrogen-bond donors (Lipinski definition) is 2. The molecule has 0 unspecified atom stereocenters. The number of thiazole rings is 1. The first kappa shape index (κ1) is 15.4. The van der Waals surface area contributed by atoms with Gasteiger partial charge in [0.25, 0.3) is 5.91 Å². The highest BCUT2D eigenvalue weighted by molar-refractivity contribution is 7.09. The van der Waals surface area contributed by atoms with Crippen LogP contribution >= 0.6 is 11.3 Å². The Labute approximate surface area is 122 Å². The fraction of sp³-hybridized carbons (Fsp3) is 0.692. The predicted molar refractivity (Wildman–Crippen MR) is 76.8 cm³/mol. The second-order valence-corrected chi connectivity index (χ2v) is 5.69. The van der Waals surface area contributed by atoms with Gasteiger partial charge in [-0.25, -0.2) is 4.98 Å². The largest absolute Gasteiger partial charge is 0.394 e. The van der Waals surface area contributed by atoms with E-state index < -0.39 is 0 Å². The molecule has 1 fully saturated rings. The van der Waals surface area contributed by atoms with Crippen LogP contribution in [0.2, 0.25) is 0 Å². The molecule has 0 aromatic carbocycles. The van der Waals surface area contributed by atoms with Crippen LogP contribution < -0.4 is 5.73 Å². The molecule has 0 spiro atoms. The summed E-state index contributed by atoms with van der Waals surface area (Å²) in [6.07, 6.45) is 2.49. The Morgan fingerprint density at radius 1 is 1.55 bits per heavy atom. The molecular weight excluding hydrogens is 278 g/mol. The molecule has 0 bridgehead atoms. The van der Waals surface area contributed by atoms with Crippen LogP contribution in [0.25, 0.3) is 0 Å². The lowest BCUT2D eigenvalue weighted by atomic mass is 10.1. The number of nitrogens with zero attached hydrogens (tertiary/aromatic N) is 2. The van der Waals surface area contributed by atoms with Crippen molar-refractivity contribution in [3.05, 3.63) is 16.1 Å². The molecule has 0 atom stereocenters. The van der Waals surface area contributed by atoms with Gasteiger partial charge in [-0.2, -0.15) is 0 Å². The first-order chi connectivity index (χ1) is 9.74. The summed E-state index contributed by atoms with van der Waals surface area (Å²) in [5.74, 6) is -0.00914. The normalized spacial score (nSPS) is 16.6. The van der Waals surface area contributed by atoms with Crippen LogP contribution in [0.15, 0.2) is 5.38 Å². The minimum Gasteiger partial charge on any atom is -0.394 e. The highest BCUT2D eigenvalue weighted by Gasteiger charge is 2.25. The lowest BCUT2D eigenvalue weighted by Gasteiger charge is -2.31. The van der Waals surface area contributed by atoms with E-state index in [1.807, 2.05) is 10.3 Å². The third-order valence-corrected chi connectivity index (χ3v) is 4.21. The molecule has 2 heterocycles. The van der Waals surface area contributed by atoms with Crippen molar-refractivity contribution in [2.45, 2.75) is 25.4 Å². The fourth-order valence-corrected chi connectivity index (χ4v) is 3.04. The van der Waals surface area contributed by atoms with Crippen LogP contribution in [0.1, 0.15) is 28.3 Å². The number of aliphatic hydroxyl groups is 1. The van der Waals surface area contributed by atoms with Crippen molar-refractivity contribution in [3.8, 4) is 0 Å². The first-order valence-electron chi connectivity index (χ1n) is 6.90. The van der Waals surface area contributed by atoms with Crippen LogP contribution in [0, 0.1) is 0 Å². The van der Waals surface area contributed by atoms with E-state index in [4.69, 9.17) is 15.6 Å². The van der Waals surface area contributed by atoms with E-state index in [0.717, 1.165) is 24.3 Å². The van der Waals surface area contributed by atoms with Gasteiger partial charge in [0.1, 0.15) is 5.69 Å². The van der Waals surface area contributed by atoms with Crippen LogP contribution in [-0.2, 0) is 11.2 Å². The average molecular weight is 299 g/mol. The molecule has 1 aromatic heterocycles. The van der Waals surface area contributed by atoms with Gasteiger partial charge in [-0.1, -0.05) is 0 Å². The number of nitrogens with two attached hydrogens (primary N) is 1. The van der Waals surface area contributed by atoms with Crippen LogP contribution in [0.3, 0.4) is 0 Å². The van der Waals surface area contributed by atoms with Crippen molar-refractivity contribution in [3.63, 3.8) is 0 Å². The number of piperidine rings is 1. The number of likely N-dealkylation sites (tertiary alicyclic amines) is 1. The number of rotatable bonds is 6. The Morgan fingerprint density at radius 2 is 2.30 bits per heavy atom. The second kappa shape index (κ2) is 7.68. The maximum Gasteiger partial charge on any atom is 0.273 e. The molecule has 20 heavy (non-hydrogen) atoms. The Kier molecular flexibility index (Phi) is 5.90. The lowest BCUT2D eigenvalue weighted by molar-refractivity contribution is -0.00563. The molecule has 0 radical (unpaired) electrons.